The number of benzene rings is 2. The Labute approximate surface area is 163 Å². The summed E-state index contributed by atoms with van der Waals surface area (Å²) in [4.78, 5) is 25.7. The van der Waals surface area contributed by atoms with Crippen molar-refractivity contribution in [3.63, 3.8) is 0 Å². The number of carbonyl (C=O) groups excluding carboxylic acids is 2. The van der Waals surface area contributed by atoms with Crippen LogP contribution in [-0.2, 0) is 0 Å². The van der Waals surface area contributed by atoms with Crippen molar-refractivity contribution in [1.82, 2.24) is 4.90 Å². The Bertz CT molecular complexity index is 917. The molecule has 1 saturated heterocycles. The molecular formula is C22H20ClNO3. The number of halogens is 1. The van der Waals surface area contributed by atoms with E-state index in [1.54, 1.807) is 41.3 Å². The molecule has 1 aliphatic heterocycles. The van der Waals surface area contributed by atoms with Crippen LogP contribution < -0.4 is 0 Å². The van der Waals surface area contributed by atoms with Crippen molar-refractivity contribution in [2.45, 2.75) is 25.4 Å². The highest BCUT2D eigenvalue weighted by Crippen LogP contribution is 2.23. The Morgan fingerprint density at radius 2 is 1.70 bits per heavy atom. The SMILES string of the molecule is CC(=O)c1ccc(C(=O)N2CCC(O)(C#Cc3cccc(Cl)c3)CC2)cc1. The normalized spacial score (nSPS) is 15.6. The van der Waals surface area contributed by atoms with Gasteiger partial charge in [0.2, 0.25) is 0 Å². The molecule has 0 saturated carbocycles. The number of rotatable bonds is 2. The predicted molar refractivity (Wildman–Crippen MR) is 105 cm³/mol. The van der Waals surface area contributed by atoms with Crippen LogP contribution in [0.2, 0.25) is 5.02 Å². The molecule has 2 aromatic carbocycles. The Balaban J connectivity index is 1.64. The Morgan fingerprint density at radius 1 is 1.07 bits per heavy atom. The van der Waals surface area contributed by atoms with Crippen LogP contribution in [-0.4, -0.2) is 40.4 Å². The zero-order valence-electron chi connectivity index (χ0n) is 15.0. The number of piperidine rings is 1. The van der Waals surface area contributed by atoms with Crippen LogP contribution in [0.25, 0.3) is 0 Å². The maximum absolute atomic E-state index is 12.6. The number of Topliss-reactive ketones (excluding diaryl/α,β-unsaturated/α-hetero) is 1. The van der Waals surface area contributed by atoms with Crippen molar-refractivity contribution in [2.75, 3.05) is 13.1 Å². The van der Waals surface area contributed by atoms with E-state index in [-0.39, 0.29) is 11.7 Å². The minimum Gasteiger partial charge on any atom is -0.377 e. The molecule has 0 bridgehead atoms. The van der Waals surface area contributed by atoms with Crippen molar-refractivity contribution >= 4 is 23.3 Å². The summed E-state index contributed by atoms with van der Waals surface area (Å²) in [5.74, 6) is 5.77. The summed E-state index contributed by atoms with van der Waals surface area (Å²) in [5, 5.41) is 11.3. The molecule has 0 atom stereocenters. The van der Waals surface area contributed by atoms with Crippen LogP contribution in [0.15, 0.2) is 48.5 Å². The first-order valence-corrected chi connectivity index (χ1v) is 9.15. The monoisotopic (exact) mass is 381 g/mol. The number of aliphatic hydroxyl groups is 1. The van der Waals surface area contributed by atoms with Crippen LogP contribution >= 0.6 is 11.6 Å². The molecule has 1 heterocycles. The highest BCUT2D eigenvalue weighted by atomic mass is 35.5. The third kappa shape index (κ3) is 4.77. The molecule has 0 radical (unpaired) electrons. The number of ketones is 1. The molecule has 4 nitrogen and oxygen atoms in total. The molecule has 1 fully saturated rings. The van der Waals surface area contributed by atoms with Crippen LogP contribution in [0.4, 0.5) is 0 Å². The lowest BCUT2D eigenvalue weighted by molar-refractivity contribution is 0.0249. The first-order valence-electron chi connectivity index (χ1n) is 8.78. The van der Waals surface area contributed by atoms with E-state index in [9.17, 15) is 14.7 Å². The number of likely N-dealkylation sites (tertiary alicyclic amines) is 1. The first-order chi connectivity index (χ1) is 12.9. The Morgan fingerprint density at radius 3 is 2.30 bits per heavy atom. The maximum Gasteiger partial charge on any atom is 0.253 e. The smallest absolute Gasteiger partial charge is 0.253 e. The fraction of sp³-hybridized carbons (Fsp3) is 0.273. The van der Waals surface area contributed by atoms with E-state index in [1.165, 1.54) is 6.92 Å². The summed E-state index contributed by atoms with van der Waals surface area (Å²) in [7, 11) is 0. The molecule has 5 heteroatoms. The largest absolute Gasteiger partial charge is 0.377 e. The molecule has 0 unspecified atom stereocenters. The van der Waals surface area contributed by atoms with E-state index in [1.807, 2.05) is 12.1 Å². The molecule has 3 rings (SSSR count). The molecule has 0 aromatic heterocycles. The third-order valence-electron chi connectivity index (χ3n) is 4.68. The minimum absolute atomic E-state index is 0.0321. The lowest BCUT2D eigenvalue weighted by Gasteiger charge is -2.35. The van der Waals surface area contributed by atoms with Gasteiger partial charge in [-0.2, -0.15) is 0 Å². The van der Waals surface area contributed by atoms with Gasteiger partial charge in [-0.25, -0.2) is 0 Å². The molecule has 1 N–H and O–H groups in total. The van der Waals surface area contributed by atoms with Crippen molar-refractivity contribution < 1.29 is 14.7 Å². The summed E-state index contributed by atoms with van der Waals surface area (Å²) < 4.78 is 0. The fourth-order valence-corrected chi connectivity index (χ4v) is 3.18. The van der Waals surface area contributed by atoms with E-state index < -0.39 is 5.60 Å². The molecule has 138 valence electrons. The van der Waals surface area contributed by atoms with Crippen molar-refractivity contribution in [3.8, 4) is 11.8 Å². The van der Waals surface area contributed by atoms with Gasteiger partial charge in [-0.3, -0.25) is 9.59 Å². The van der Waals surface area contributed by atoms with Crippen molar-refractivity contribution in [3.05, 3.63) is 70.2 Å². The summed E-state index contributed by atoms with van der Waals surface area (Å²) in [6.07, 6.45) is 0.773. The molecule has 0 spiro atoms. The molecule has 0 aliphatic carbocycles. The molecule has 27 heavy (non-hydrogen) atoms. The van der Waals surface area contributed by atoms with Gasteiger partial charge in [-0.1, -0.05) is 41.6 Å². The average molecular weight is 382 g/mol. The van der Waals surface area contributed by atoms with Gasteiger partial charge in [0.25, 0.3) is 5.91 Å². The van der Waals surface area contributed by atoms with Crippen LogP contribution in [0.1, 0.15) is 46.0 Å². The van der Waals surface area contributed by atoms with Gasteiger partial charge in [0.05, 0.1) is 0 Å². The average Bonchev–Trinajstić information content (AvgIpc) is 2.67. The minimum atomic E-state index is -1.11. The number of hydrogen-bond donors (Lipinski definition) is 1. The molecule has 1 amide bonds. The topological polar surface area (TPSA) is 57.6 Å². The quantitative estimate of drug-likeness (QED) is 0.639. The number of nitrogens with zero attached hydrogens (tertiary/aromatic N) is 1. The van der Waals surface area contributed by atoms with Gasteiger partial charge in [0.15, 0.2) is 5.78 Å². The van der Waals surface area contributed by atoms with Gasteiger partial charge in [0.1, 0.15) is 5.60 Å². The standard InChI is InChI=1S/C22H20ClNO3/c1-16(25)18-5-7-19(8-6-18)21(26)24-13-11-22(27,12-14-24)10-9-17-3-2-4-20(23)15-17/h2-8,15,27H,11-14H2,1H3. The van der Waals surface area contributed by atoms with Crippen LogP contribution in [0.3, 0.4) is 0 Å². The lowest BCUT2D eigenvalue weighted by Crippen LogP contribution is -2.46. The molecule has 2 aromatic rings. The van der Waals surface area contributed by atoms with E-state index in [0.717, 1.165) is 5.56 Å². The lowest BCUT2D eigenvalue weighted by atomic mass is 9.91. The van der Waals surface area contributed by atoms with Gasteiger partial charge in [-0.15, -0.1) is 0 Å². The second-order valence-corrected chi connectivity index (χ2v) is 7.15. The first kappa shape index (κ1) is 19.2. The van der Waals surface area contributed by atoms with Gasteiger partial charge in [-0.05, 0) is 37.3 Å². The second-order valence-electron chi connectivity index (χ2n) is 6.72. The van der Waals surface area contributed by atoms with E-state index >= 15 is 0 Å². The van der Waals surface area contributed by atoms with E-state index in [0.29, 0.717) is 42.1 Å². The summed E-state index contributed by atoms with van der Waals surface area (Å²) >= 11 is 5.95. The number of carbonyl (C=O) groups is 2. The third-order valence-corrected chi connectivity index (χ3v) is 4.92. The van der Waals surface area contributed by atoms with E-state index in [2.05, 4.69) is 11.8 Å². The zero-order chi connectivity index (χ0) is 19.4. The zero-order valence-corrected chi connectivity index (χ0v) is 15.8. The Kier molecular flexibility index (Phi) is 5.65. The van der Waals surface area contributed by atoms with E-state index in [4.69, 9.17) is 11.6 Å². The van der Waals surface area contributed by atoms with Crippen molar-refractivity contribution in [2.24, 2.45) is 0 Å². The summed E-state index contributed by atoms with van der Waals surface area (Å²) in [6.45, 7) is 2.34. The van der Waals surface area contributed by atoms with Crippen molar-refractivity contribution in [1.29, 1.82) is 0 Å². The highest BCUT2D eigenvalue weighted by molar-refractivity contribution is 6.30. The van der Waals surface area contributed by atoms with Gasteiger partial charge < -0.3 is 10.0 Å². The number of amides is 1. The van der Waals surface area contributed by atoms with Gasteiger partial charge in [0, 0.05) is 47.6 Å². The van der Waals surface area contributed by atoms with Crippen LogP contribution in [0, 0.1) is 11.8 Å². The summed E-state index contributed by atoms with van der Waals surface area (Å²) in [6, 6.07) is 13.8. The molecular weight excluding hydrogens is 362 g/mol. The highest BCUT2D eigenvalue weighted by Gasteiger charge is 2.32. The Hall–Kier alpha value is -2.61. The van der Waals surface area contributed by atoms with Gasteiger partial charge >= 0.3 is 0 Å². The molecule has 1 aliphatic rings. The second kappa shape index (κ2) is 7.96. The maximum atomic E-state index is 12.6. The summed E-state index contributed by atoms with van der Waals surface area (Å²) in [5.41, 5.74) is 0.753. The van der Waals surface area contributed by atoms with Crippen LogP contribution in [0.5, 0.6) is 0 Å². The predicted octanol–water partition coefficient (Wildman–Crippen LogP) is 3.56. The number of hydrogen-bond acceptors (Lipinski definition) is 3. The fourth-order valence-electron chi connectivity index (χ4n) is 2.99.